The third-order valence-electron chi connectivity index (χ3n) is 9.26. The van der Waals surface area contributed by atoms with Crippen LogP contribution in [0.2, 0.25) is 0 Å². The Balaban J connectivity index is 1.47. The molecule has 0 bridgehead atoms. The van der Waals surface area contributed by atoms with Gasteiger partial charge in [-0.3, -0.25) is 19.1 Å². The summed E-state index contributed by atoms with van der Waals surface area (Å²) in [5, 5.41) is 6.24. The van der Waals surface area contributed by atoms with Crippen molar-refractivity contribution in [2.24, 2.45) is 5.92 Å². The number of carbonyl (C=O) groups excluding carboxylic acids is 4. The number of ether oxygens (including phenoxy) is 4. The molecule has 4 amide bonds. The van der Waals surface area contributed by atoms with Gasteiger partial charge >= 0.3 is 6.09 Å². The van der Waals surface area contributed by atoms with Crippen molar-refractivity contribution in [1.29, 1.82) is 0 Å². The van der Waals surface area contributed by atoms with E-state index in [9.17, 15) is 27.6 Å². The highest BCUT2D eigenvalue weighted by atomic mass is 32.2. The average molecular weight is 758 g/mol. The smallest absolute Gasteiger partial charge is 0.408 e. The summed E-state index contributed by atoms with van der Waals surface area (Å²) in [5.74, 6) is -1.86. The van der Waals surface area contributed by atoms with Gasteiger partial charge in [0.05, 0.1) is 30.6 Å². The Labute approximate surface area is 310 Å². The van der Waals surface area contributed by atoms with Crippen molar-refractivity contribution in [2.75, 3.05) is 13.7 Å². The minimum absolute atomic E-state index is 0.0176. The summed E-state index contributed by atoms with van der Waals surface area (Å²) >= 11 is 0. The lowest BCUT2D eigenvalue weighted by Gasteiger charge is -2.35. The number of alkyl carbamates (subject to hydrolysis) is 1. The molecule has 2 aliphatic carbocycles. The summed E-state index contributed by atoms with van der Waals surface area (Å²) in [6.45, 7) is 15.8. The molecule has 16 heteroatoms. The number of rotatable bonds is 13. The summed E-state index contributed by atoms with van der Waals surface area (Å²) in [5.41, 5.74) is -3.17. The predicted molar refractivity (Wildman–Crippen MR) is 196 cm³/mol. The van der Waals surface area contributed by atoms with E-state index < -0.39 is 86.0 Å². The van der Waals surface area contributed by atoms with Crippen molar-refractivity contribution in [3.63, 3.8) is 0 Å². The summed E-state index contributed by atoms with van der Waals surface area (Å²) in [6, 6.07) is 4.68. The molecule has 53 heavy (non-hydrogen) atoms. The molecule has 2 heterocycles. The Bertz CT molecular complexity index is 1870. The number of pyridine rings is 1. The number of benzene rings is 1. The maximum absolute atomic E-state index is 14.6. The van der Waals surface area contributed by atoms with Gasteiger partial charge in [-0.15, -0.1) is 6.58 Å². The molecule has 3 fully saturated rings. The first-order valence-electron chi connectivity index (χ1n) is 17.7. The average Bonchev–Trinajstić information content (AvgIpc) is 3.98. The summed E-state index contributed by atoms with van der Waals surface area (Å²) in [4.78, 5) is 61.2. The largest absolute Gasteiger partial charge is 0.497 e. The van der Waals surface area contributed by atoms with Crippen molar-refractivity contribution in [1.82, 2.24) is 25.2 Å². The van der Waals surface area contributed by atoms with Gasteiger partial charge in [-0.1, -0.05) is 6.08 Å². The second kappa shape index (κ2) is 14.8. The molecule has 3 aliphatic rings. The van der Waals surface area contributed by atoms with Crippen LogP contribution in [0, 0.1) is 5.92 Å². The number of nitrogens with one attached hydrogen (secondary N) is 3. The number of amides is 4. The Morgan fingerprint density at radius 3 is 2.36 bits per heavy atom. The van der Waals surface area contributed by atoms with E-state index in [0.717, 1.165) is 5.39 Å². The van der Waals surface area contributed by atoms with E-state index in [-0.39, 0.29) is 25.3 Å². The van der Waals surface area contributed by atoms with E-state index in [4.69, 9.17) is 18.9 Å². The number of sulfonamides is 1. The van der Waals surface area contributed by atoms with Gasteiger partial charge in [0, 0.05) is 23.9 Å². The lowest BCUT2D eigenvalue weighted by molar-refractivity contribution is -0.146. The minimum Gasteiger partial charge on any atom is -0.497 e. The first kappa shape index (κ1) is 39.8. The fraction of sp³-hybridized carbons (Fsp3) is 0.595. The molecule has 2 aromatic rings. The van der Waals surface area contributed by atoms with E-state index in [1.54, 1.807) is 80.0 Å². The molecular weight excluding hydrogens is 706 g/mol. The van der Waals surface area contributed by atoms with Crippen LogP contribution in [-0.4, -0.2) is 102 Å². The maximum atomic E-state index is 14.6. The van der Waals surface area contributed by atoms with Gasteiger partial charge in [0.2, 0.25) is 27.7 Å². The van der Waals surface area contributed by atoms with Crippen molar-refractivity contribution in [3.05, 3.63) is 43.1 Å². The molecule has 6 atom stereocenters. The lowest BCUT2D eigenvalue weighted by atomic mass is 10.1. The summed E-state index contributed by atoms with van der Waals surface area (Å²) in [7, 11) is -2.36. The normalized spacial score (nSPS) is 24.1. The zero-order valence-electron chi connectivity index (χ0n) is 31.6. The maximum Gasteiger partial charge on any atom is 0.408 e. The molecule has 15 nitrogen and oxygen atoms in total. The summed E-state index contributed by atoms with van der Waals surface area (Å²) in [6.07, 6.45) is 1.56. The molecule has 3 N–H and O–H groups in total. The highest BCUT2D eigenvalue weighted by molar-refractivity contribution is 7.91. The second-order valence-corrected chi connectivity index (χ2v) is 17.9. The number of likely N-dealkylation sites (tertiary alicyclic amines) is 1. The third kappa shape index (κ3) is 9.39. The van der Waals surface area contributed by atoms with E-state index in [0.29, 0.717) is 24.0 Å². The number of carbonyl (C=O) groups is 4. The van der Waals surface area contributed by atoms with Gasteiger partial charge in [-0.25, -0.2) is 18.2 Å². The Hall–Kier alpha value is -4.44. The Kier molecular flexibility index (Phi) is 11.1. The molecule has 0 radical (unpaired) electrons. The van der Waals surface area contributed by atoms with Gasteiger partial charge < -0.3 is 34.5 Å². The van der Waals surface area contributed by atoms with Gasteiger partial charge in [-0.05, 0) is 97.4 Å². The predicted octanol–water partition coefficient (Wildman–Crippen LogP) is 3.36. The molecule has 1 saturated heterocycles. The molecular formula is C37H51N5O10S. The SMILES string of the molecule is C=C[C@@H]1C[C@]1(NC(=O)[C@@H]1C[C@@H](Oc2nccc3cc(OC)ccc23)CN1C(=O)[C@@H](NC(=O)OC(C)(C)C)[C@H](C)OC(C)(C)C)C(=O)NS(=O)(=O)C1CC1. The molecule has 1 aromatic heterocycles. The quantitative estimate of drug-likeness (QED) is 0.254. The first-order valence-corrected chi connectivity index (χ1v) is 19.3. The number of nitrogens with zero attached hydrogens (tertiary/aromatic N) is 2. The van der Waals surface area contributed by atoms with Crippen LogP contribution in [0.1, 0.15) is 74.1 Å². The van der Waals surface area contributed by atoms with E-state index in [1.165, 1.54) is 11.0 Å². The molecule has 5 rings (SSSR count). The van der Waals surface area contributed by atoms with Gasteiger partial charge in [-0.2, -0.15) is 0 Å². The van der Waals surface area contributed by atoms with Gasteiger partial charge in [0.15, 0.2) is 0 Å². The monoisotopic (exact) mass is 757 g/mol. The topological polar surface area (TPSA) is 192 Å². The van der Waals surface area contributed by atoms with Crippen LogP contribution >= 0.6 is 0 Å². The second-order valence-electron chi connectivity index (χ2n) is 15.9. The number of hydrogen-bond acceptors (Lipinski definition) is 11. The number of methoxy groups -OCH3 is 1. The Morgan fingerprint density at radius 2 is 1.77 bits per heavy atom. The van der Waals surface area contributed by atoms with Crippen LogP contribution in [0.3, 0.4) is 0 Å². The van der Waals surface area contributed by atoms with Gasteiger partial charge in [0.1, 0.15) is 35.1 Å². The van der Waals surface area contributed by atoms with Crippen molar-refractivity contribution in [3.8, 4) is 11.6 Å². The minimum atomic E-state index is -3.92. The van der Waals surface area contributed by atoms with Crippen LogP contribution < -0.4 is 24.8 Å². The zero-order chi connectivity index (χ0) is 39.1. The van der Waals surface area contributed by atoms with Crippen molar-refractivity contribution >= 4 is 44.6 Å². The molecule has 0 unspecified atom stereocenters. The number of aromatic nitrogens is 1. The first-order chi connectivity index (χ1) is 24.7. The molecule has 2 saturated carbocycles. The van der Waals surface area contributed by atoms with Crippen molar-refractivity contribution < 1.29 is 46.5 Å². The number of hydrogen-bond donors (Lipinski definition) is 3. The van der Waals surface area contributed by atoms with Crippen LogP contribution in [0.15, 0.2) is 43.1 Å². The Morgan fingerprint density at radius 1 is 1.08 bits per heavy atom. The lowest BCUT2D eigenvalue weighted by Crippen LogP contribution is -2.60. The van der Waals surface area contributed by atoms with E-state index >= 15 is 0 Å². The van der Waals surface area contributed by atoms with Crippen LogP contribution in [-0.2, 0) is 33.9 Å². The molecule has 0 spiro atoms. The molecule has 1 aliphatic heterocycles. The van der Waals surface area contributed by atoms with Crippen LogP contribution in [0.4, 0.5) is 4.79 Å². The highest BCUT2D eigenvalue weighted by Crippen LogP contribution is 2.45. The van der Waals surface area contributed by atoms with E-state index in [2.05, 4.69) is 26.9 Å². The zero-order valence-corrected chi connectivity index (χ0v) is 32.4. The van der Waals surface area contributed by atoms with Crippen LogP contribution in [0.25, 0.3) is 10.8 Å². The molecule has 290 valence electrons. The number of fused-ring (bicyclic) bond motifs is 1. The third-order valence-corrected chi connectivity index (χ3v) is 11.1. The summed E-state index contributed by atoms with van der Waals surface area (Å²) < 4.78 is 50.9. The highest BCUT2D eigenvalue weighted by Gasteiger charge is 2.62. The fourth-order valence-corrected chi connectivity index (χ4v) is 7.88. The van der Waals surface area contributed by atoms with Crippen molar-refractivity contribution in [2.45, 2.75) is 120 Å². The van der Waals surface area contributed by atoms with Gasteiger partial charge in [0.25, 0.3) is 5.91 Å². The van der Waals surface area contributed by atoms with Crippen LogP contribution in [0.5, 0.6) is 11.6 Å². The fourth-order valence-electron chi connectivity index (χ4n) is 6.52. The standard InChI is InChI=1S/C37H51N5O10S/c1-10-23-19-37(23,33(45)41-53(47,48)26-12-13-26)40-30(43)28-18-25(50-31-27-14-11-24(49-9)17-22(27)15-16-38-31)20-42(28)32(44)29(21(2)51-35(3,4)5)39-34(46)52-36(6,7)8/h10-11,14-17,21,23,25-26,28-29H,1,12-13,18-20H2,2-9H3,(H,39,46)(H,40,43)(H,41,45)/t21-,23+,25+,28-,29-,37+/m0/s1. The van der Waals surface area contributed by atoms with E-state index in [1.807, 2.05) is 6.07 Å². The molecule has 1 aromatic carbocycles.